The van der Waals surface area contributed by atoms with Crippen molar-refractivity contribution in [1.82, 2.24) is 20.3 Å². The van der Waals surface area contributed by atoms with E-state index < -0.39 is 0 Å². The molecular formula is C22H19FN4O2S. The number of H-pyrrole nitrogens is 1. The molecule has 2 aromatic heterocycles. The zero-order valence-electron chi connectivity index (χ0n) is 16.2. The first-order valence-electron chi connectivity index (χ1n) is 9.24. The van der Waals surface area contributed by atoms with Gasteiger partial charge in [-0.15, -0.1) is 0 Å². The number of thioether (sulfide) groups is 1. The third kappa shape index (κ3) is 4.44. The second-order valence-corrected chi connectivity index (χ2v) is 7.49. The summed E-state index contributed by atoms with van der Waals surface area (Å²) in [7, 11) is 1.63. The van der Waals surface area contributed by atoms with Gasteiger partial charge in [0.25, 0.3) is 0 Å². The van der Waals surface area contributed by atoms with Crippen molar-refractivity contribution in [2.75, 3.05) is 12.9 Å². The molecule has 30 heavy (non-hydrogen) atoms. The van der Waals surface area contributed by atoms with Crippen molar-refractivity contribution in [3.8, 4) is 16.9 Å². The van der Waals surface area contributed by atoms with Gasteiger partial charge in [0.15, 0.2) is 0 Å². The summed E-state index contributed by atoms with van der Waals surface area (Å²) in [6.07, 6.45) is 3.39. The molecule has 0 aliphatic carbocycles. The lowest BCUT2D eigenvalue weighted by Crippen LogP contribution is -2.24. The van der Waals surface area contributed by atoms with Crippen LogP contribution >= 0.6 is 11.8 Å². The van der Waals surface area contributed by atoms with Gasteiger partial charge in [-0.3, -0.25) is 4.79 Å². The van der Waals surface area contributed by atoms with Gasteiger partial charge in [-0.2, -0.15) is 0 Å². The average Bonchev–Trinajstić information content (AvgIpc) is 3.22. The summed E-state index contributed by atoms with van der Waals surface area (Å²) in [4.78, 5) is 24.2. The first kappa shape index (κ1) is 19.9. The van der Waals surface area contributed by atoms with Crippen molar-refractivity contribution in [3.63, 3.8) is 0 Å². The molecule has 2 N–H and O–H groups in total. The van der Waals surface area contributed by atoms with Crippen LogP contribution < -0.4 is 10.1 Å². The van der Waals surface area contributed by atoms with Gasteiger partial charge in [0, 0.05) is 18.3 Å². The monoisotopic (exact) mass is 422 g/mol. The Morgan fingerprint density at radius 2 is 1.90 bits per heavy atom. The van der Waals surface area contributed by atoms with Gasteiger partial charge in [0.05, 0.1) is 18.4 Å². The highest BCUT2D eigenvalue weighted by Crippen LogP contribution is 2.32. The van der Waals surface area contributed by atoms with Crippen LogP contribution in [0.2, 0.25) is 0 Å². The molecule has 0 fully saturated rings. The number of benzene rings is 2. The quantitative estimate of drug-likeness (QED) is 0.345. The number of nitrogens with zero attached hydrogens (tertiary/aromatic N) is 2. The third-order valence-electron chi connectivity index (χ3n) is 4.57. The summed E-state index contributed by atoms with van der Waals surface area (Å²) in [6.45, 7) is 0.350. The van der Waals surface area contributed by atoms with Crippen LogP contribution in [0.25, 0.3) is 22.2 Å². The first-order chi connectivity index (χ1) is 14.6. The highest BCUT2D eigenvalue weighted by Gasteiger charge is 2.13. The predicted octanol–water partition coefficient (Wildman–Crippen LogP) is 4.18. The van der Waals surface area contributed by atoms with Crippen molar-refractivity contribution in [1.29, 1.82) is 0 Å². The van der Waals surface area contributed by atoms with Gasteiger partial charge in [-0.25, -0.2) is 14.4 Å². The van der Waals surface area contributed by atoms with Crippen LogP contribution in [0.3, 0.4) is 0 Å². The standard InChI is InChI=1S/C22H19FN4O2S/c1-29-17-8-4-15(5-9-17)18-11-25-21-20(18)26-13-27-22(21)30-12-19(28)24-10-14-2-6-16(23)7-3-14/h2-9,11,13,25H,10,12H2,1H3,(H,24,28). The van der Waals surface area contributed by atoms with Crippen LogP contribution in [0.1, 0.15) is 5.56 Å². The van der Waals surface area contributed by atoms with E-state index in [9.17, 15) is 9.18 Å². The van der Waals surface area contributed by atoms with Crippen LogP contribution in [0.5, 0.6) is 5.75 Å². The van der Waals surface area contributed by atoms with Crippen molar-refractivity contribution < 1.29 is 13.9 Å². The molecule has 0 saturated heterocycles. The molecular weight excluding hydrogens is 403 g/mol. The lowest BCUT2D eigenvalue weighted by molar-refractivity contribution is -0.118. The van der Waals surface area contributed by atoms with E-state index in [2.05, 4.69) is 20.3 Å². The number of hydrogen-bond acceptors (Lipinski definition) is 5. The Balaban J connectivity index is 1.43. The van der Waals surface area contributed by atoms with Gasteiger partial charge < -0.3 is 15.0 Å². The van der Waals surface area contributed by atoms with Crippen LogP contribution in [-0.2, 0) is 11.3 Å². The fraction of sp³-hybridized carbons (Fsp3) is 0.136. The van der Waals surface area contributed by atoms with Crippen LogP contribution in [-0.4, -0.2) is 33.7 Å². The maximum Gasteiger partial charge on any atom is 0.230 e. The minimum absolute atomic E-state index is 0.127. The molecule has 0 radical (unpaired) electrons. The molecule has 2 heterocycles. The Morgan fingerprint density at radius 1 is 1.13 bits per heavy atom. The number of carbonyl (C=O) groups excluding carboxylic acids is 1. The Morgan fingerprint density at radius 3 is 2.63 bits per heavy atom. The lowest BCUT2D eigenvalue weighted by Gasteiger charge is -2.06. The van der Waals surface area contributed by atoms with E-state index in [0.29, 0.717) is 11.6 Å². The number of ether oxygens (including phenoxy) is 1. The molecule has 6 nitrogen and oxygen atoms in total. The maximum atomic E-state index is 13.0. The van der Waals surface area contributed by atoms with Crippen LogP contribution in [0.15, 0.2) is 66.1 Å². The topological polar surface area (TPSA) is 79.9 Å². The summed E-state index contributed by atoms with van der Waals surface area (Å²) in [6, 6.07) is 13.8. The molecule has 0 aliphatic rings. The number of amides is 1. The minimum atomic E-state index is -0.298. The number of fused-ring (bicyclic) bond motifs is 1. The summed E-state index contributed by atoms with van der Waals surface area (Å²) in [5.41, 5.74) is 4.39. The number of rotatable bonds is 7. The number of carbonyl (C=O) groups is 1. The number of hydrogen-bond donors (Lipinski definition) is 2. The van der Waals surface area contributed by atoms with Gasteiger partial charge in [-0.1, -0.05) is 36.0 Å². The molecule has 0 bridgehead atoms. The van der Waals surface area contributed by atoms with E-state index >= 15 is 0 Å². The van der Waals surface area contributed by atoms with Gasteiger partial charge in [0.1, 0.15) is 28.4 Å². The van der Waals surface area contributed by atoms with E-state index in [1.165, 1.54) is 30.2 Å². The number of halogens is 1. The molecule has 0 saturated carbocycles. The molecule has 0 atom stereocenters. The molecule has 1 amide bonds. The van der Waals surface area contributed by atoms with Crippen molar-refractivity contribution in [3.05, 3.63) is 72.4 Å². The normalized spacial score (nSPS) is 10.9. The van der Waals surface area contributed by atoms with E-state index in [1.54, 1.807) is 19.2 Å². The third-order valence-corrected chi connectivity index (χ3v) is 5.56. The van der Waals surface area contributed by atoms with E-state index in [0.717, 1.165) is 33.5 Å². The molecule has 2 aromatic carbocycles. The number of aromatic amines is 1. The Labute approximate surface area is 176 Å². The predicted molar refractivity (Wildman–Crippen MR) is 115 cm³/mol. The Bertz CT molecular complexity index is 1160. The van der Waals surface area contributed by atoms with E-state index in [-0.39, 0.29) is 17.5 Å². The summed E-state index contributed by atoms with van der Waals surface area (Å²) in [5, 5.41) is 3.54. The fourth-order valence-electron chi connectivity index (χ4n) is 3.00. The second-order valence-electron chi connectivity index (χ2n) is 6.53. The fourth-order valence-corrected chi connectivity index (χ4v) is 3.80. The largest absolute Gasteiger partial charge is 0.497 e. The smallest absolute Gasteiger partial charge is 0.230 e. The number of nitrogens with one attached hydrogen (secondary N) is 2. The zero-order chi connectivity index (χ0) is 20.9. The highest BCUT2D eigenvalue weighted by molar-refractivity contribution is 8.00. The first-order valence-corrected chi connectivity index (χ1v) is 10.2. The van der Waals surface area contributed by atoms with Crippen LogP contribution in [0, 0.1) is 5.82 Å². The van der Waals surface area contributed by atoms with Crippen molar-refractivity contribution >= 4 is 28.7 Å². The minimum Gasteiger partial charge on any atom is -0.497 e. The van der Waals surface area contributed by atoms with E-state index in [4.69, 9.17) is 4.74 Å². The maximum absolute atomic E-state index is 13.0. The summed E-state index contributed by atoms with van der Waals surface area (Å²) >= 11 is 1.34. The molecule has 0 aliphatic heterocycles. The Hall–Kier alpha value is -3.39. The SMILES string of the molecule is COc1ccc(-c2c[nH]c3c(SCC(=O)NCc4ccc(F)cc4)ncnc23)cc1. The van der Waals surface area contributed by atoms with Gasteiger partial charge in [0.2, 0.25) is 5.91 Å². The van der Waals surface area contributed by atoms with Gasteiger partial charge >= 0.3 is 0 Å². The Kier molecular flexibility index (Phi) is 5.94. The molecule has 8 heteroatoms. The van der Waals surface area contributed by atoms with Crippen molar-refractivity contribution in [2.24, 2.45) is 0 Å². The lowest BCUT2D eigenvalue weighted by atomic mass is 10.1. The second kappa shape index (κ2) is 8.96. The van der Waals surface area contributed by atoms with Gasteiger partial charge in [-0.05, 0) is 35.4 Å². The molecule has 152 valence electrons. The molecule has 4 rings (SSSR count). The summed E-state index contributed by atoms with van der Waals surface area (Å²) in [5.74, 6) is 0.576. The molecule has 4 aromatic rings. The van der Waals surface area contributed by atoms with Crippen LogP contribution in [0.4, 0.5) is 4.39 Å². The summed E-state index contributed by atoms with van der Waals surface area (Å²) < 4.78 is 18.2. The number of aromatic nitrogens is 3. The average molecular weight is 422 g/mol. The molecule has 0 unspecified atom stereocenters. The van der Waals surface area contributed by atoms with Crippen molar-refractivity contribution in [2.45, 2.75) is 11.6 Å². The zero-order valence-corrected chi connectivity index (χ0v) is 17.0. The molecule has 0 spiro atoms. The highest BCUT2D eigenvalue weighted by atomic mass is 32.2. The number of methoxy groups -OCH3 is 1. The van der Waals surface area contributed by atoms with E-state index in [1.807, 2.05) is 30.5 Å².